The van der Waals surface area contributed by atoms with E-state index in [0.29, 0.717) is 0 Å². The molecule has 18 heavy (non-hydrogen) atoms. The van der Waals surface area contributed by atoms with Gasteiger partial charge in [0.15, 0.2) is 11.0 Å². The Morgan fingerprint density at radius 1 is 1.00 bits per heavy atom. The number of halogens is 1. The molecule has 0 aliphatic carbocycles. The van der Waals surface area contributed by atoms with Crippen molar-refractivity contribution in [3.8, 4) is 11.4 Å². The third-order valence-corrected chi connectivity index (χ3v) is 3.59. The van der Waals surface area contributed by atoms with Crippen LogP contribution in [-0.4, -0.2) is 4.57 Å². The Morgan fingerprint density at radius 2 is 1.67 bits per heavy atom. The van der Waals surface area contributed by atoms with Crippen molar-refractivity contribution in [1.29, 1.82) is 0 Å². The molecule has 1 heterocycles. The highest BCUT2D eigenvalue weighted by Crippen LogP contribution is 2.22. The van der Waals surface area contributed by atoms with Crippen molar-refractivity contribution in [2.45, 2.75) is 0 Å². The lowest BCUT2D eigenvalue weighted by atomic mass is 10.2. The van der Waals surface area contributed by atoms with E-state index in [1.165, 1.54) is 22.4 Å². The van der Waals surface area contributed by atoms with Crippen molar-refractivity contribution < 1.29 is 4.57 Å². The van der Waals surface area contributed by atoms with E-state index in [2.05, 4.69) is 59.6 Å². The number of imidazole rings is 1. The van der Waals surface area contributed by atoms with Crippen LogP contribution in [0.25, 0.3) is 22.4 Å². The van der Waals surface area contributed by atoms with Gasteiger partial charge in [0.25, 0.3) is 5.82 Å². The van der Waals surface area contributed by atoms with Crippen molar-refractivity contribution in [2.75, 3.05) is 0 Å². The Bertz CT molecular complexity index is 672. The molecule has 3 heteroatoms. The molecule has 0 atom stereocenters. The first-order valence-corrected chi connectivity index (χ1v) is 6.25. The van der Waals surface area contributed by atoms with Crippen LogP contribution < -0.4 is 4.57 Å². The minimum Gasteiger partial charge on any atom is -0.226 e. The highest BCUT2D eigenvalue weighted by Gasteiger charge is 2.20. The molecule has 0 unspecified atom stereocenters. The molecule has 3 rings (SSSR count). The zero-order valence-electron chi connectivity index (χ0n) is 10.4. The number of rotatable bonds is 1. The van der Waals surface area contributed by atoms with Gasteiger partial charge in [-0.2, -0.15) is 0 Å². The molecule has 0 aliphatic rings. The van der Waals surface area contributed by atoms with E-state index in [9.17, 15) is 0 Å². The standard InChI is InChI=1S/C15H14ClN2/c1-17-13-5-3-4-6-14(13)18(2)15(17)11-7-9-12(16)10-8-11/h3-10H,1-2H3/q+1. The molecular weight excluding hydrogens is 244 g/mol. The minimum absolute atomic E-state index is 0.764. The lowest BCUT2D eigenvalue weighted by Gasteiger charge is -1.99. The van der Waals surface area contributed by atoms with Gasteiger partial charge in [-0.1, -0.05) is 23.7 Å². The second-order valence-corrected chi connectivity index (χ2v) is 4.87. The first-order chi connectivity index (χ1) is 8.68. The smallest absolute Gasteiger partial charge is 0.226 e. The maximum atomic E-state index is 5.94. The molecule has 0 aliphatic heterocycles. The Labute approximate surface area is 111 Å². The molecule has 3 aromatic rings. The summed E-state index contributed by atoms with van der Waals surface area (Å²) in [6, 6.07) is 16.3. The molecule has 2 aromatic carbocycles. The number of fused-ring (bicyclic) bond motifs is 1. The number of benzene rings is 2. The van der Waals surface area contributed by atoms with Gasteiger partial charge in [0.2, 0.25) is 0 Å². The summed E-state index contributed by atoms with van der Waals surface area (Å²) in [6.45, 7) is 0. The predicted octanol–water partition coefficient (Wildman–Crippen LogP) is 3.32. The number of aromatic nitrogens is 2. The molecule has 0 saturated carbocycles. The maximum absolute atomic E-state index is 5.94. The highest BCUT2D eigenvalue weighted by atomic mass is 35.5. The van der Waals surface area contributed by atoms with Gasteiger partial charge in [-0.25, -0.2) is 9.13 Å². The Morgan fingerprint density at radius 3 is 2.33 bits per heavy atom. The van der Waals surface area contributed by atoms with E-state index < -0.39 is 0 Å². The fourth-order valence-electron chi connectivity index (χ4n) is 2.47. The van der Waals surface area contributed by atoms with E-state index in [0.717, 1.165) is 5.02 Å². The topological polar surface area (TPSA) is 8.81 Å². The van der Waals surface area contributed by atoms with E-state index in [1.807, 2.05) is 12.1 Å². The monoisotopic (exact) mass is 257 g/mol. The van der Waals surface area contributed by atoms with Crippen molar-refractivity contribution in [3.05, 3.63) is 53.6 Å². The van der Waals surface area contributed by atoms with Crippen LogP contribution in [0.2, 0.25) is 5.02 Å². The van der Waals surface area contributed by atoms with E-state index in [4.69, 9.17) is 11.6 Å². The number of aryl methyl sites for hydroxylation is 2. The van der Waals surface area contributed by atoms with Crippen molar-refractivity contribution in [2.24, 2.45) is 14.1 Å². The van der Waals surface area contributed by atoms with Gasteiger partial charge in [0.05, 0.1) is 19.7 Å². The molecule has 0 N–H and O–H groups in total. The van der Waals surface area contributed by atoms with Gasteiger partial charge >= 0.3 is 0 Å². The van der Waals surface area contributed by atoms with Crippen LogP contribution >= 0.6 is 11.6 Å². The number of para-hydroxylation sites is 2. The second-order valence-electron chi connectivity index (χ2n) is 4.44. The lowest BCUT2D eigenvalue weighted by molar-refractivity contribution is -0.634. The van der Waals surface area contributed by atoms with Gasteiger partial charge in [0.1, 0.15) is 0 Å². The van der Waals surface area contributed by atoms with E-state index >= 15 is 0 Å². The van der Waals surface area contributed by atoms with Gasteiger partial charge in [0, 0.05) is 5.02 Å². The summed E-state index contributed by atoms with van der Waals surface area (Å²) in [5, 5.41) is 0.764. The molecule has 90 valence electrons. The molecule has 0 bridgehead atoms. The molecule has 0 amide bonds. The summed E-state index contributed by atoms with van der Waals surface area (Å²) in [5.74, 6) is 1.17. The zero-order chi connectivity index (χ0) is 12.7. The van der Waals surface area contributed by atoms with Crippen LogP contribution in [0.3, 0.4) is 0 Å². The number of nitrogens with zero attached hydrogens (tertiary/aromatic N) is 2. The molecule has 0 saturated heterocycles. The van der Waals surface area contributed by atoms with Crippen LogP contribution in [0, 0.1) is 0 Å². The van der Waals surface area contributed by atoms with Crippen molar-refractivity contribution >= 4 is 22.6 Å². The fourth-order valence-corrected chi connectivity index (χ4v) is 2.60. The SMILES string of the molecule is Cn1c(-c2ccc(Cl)cc2)[n+](C)c2ccccc21. The summed E-state index contributed by atoms with van der Waals surface area (Å²) < 4.78 is 4.41. The largest absolute Gasteiger partial charge is 0.289 e. The number of hydrogen-bond donors (Lipinski definition) is 0. The first-order valence-electron chi connectivity index (χ1n) is 5.88. The molecule has 1 aromatic heterocycles. The third kappa shape index (κ3) is 1.61. The summed E-state index contributed by atoms with van der Waals surface area (Å²) in [6.07, 6.45) is 0. The molecular formula is C15H14ClN2+. The lowest BCUT2D eigenvalue weighted by Crippen LogP contribution is -2.29. The van der Waals surface area contributed by atoms with Crippen LogP contribution in [0.1, 0.15) is 0 Å². The van der Waals surface area contributed by atoms with Crippen LogP contribution in [0.5, 0.6) is 0 Å². The van der Waals surface area contributed by atoms with Gasteiger partial charge in [-0.3, -0.25) is 0 Å². The van der Waals surface area contributed by atoms with Crippen LogP contribution in [0.4, 0.5) is 0 Å². The molecule has 0 fully saturated rings. The van der Waals surface area contributed by atoms with Gasteiger partial charge < -0.3 is 0 Å². The minimum atomic E-state index is 0.764. The normalized spacial score (nSPS) is 11.1. The summed E-state index contributed by atoms with van der Waals surface area (Å²) >= 11 is 5.94. The third-order valence-electron chi connectivity index (χ3n) is 3.34. The predicted molar refractivity (Wildman–Crippen MR) is 74.5 cm³/mol. The number of hydrogen-bond acceptors (Lipinski definition) is 0. The van der Waals surface area contributed by atoms with Crippen LogP contribution in [0.15, 0.2) is 48.5 Å². The van der Waals surface area contributed by atoms with E-state index in [-0.39, 0.29) is 0 Å². The zero-order valence-corrected chi connectivity index (χ0v) is 11.1. The summed E-state index contributed by atoms with van der Waals surface area (Å²) in [5.41, 5.74) is 3.62. The molecule has 0 radical (unpaired) electrons. The average molecular weight is 258 g/mol. The van der Waals surface area contributed by atoms with E-state index in [1.54, 1.807) is 0 Å². The van der Waals surface area contributed by atoms with Gasteiger partial charge in [-0.05, 0) is 36.4 Å². The van der Waals surface area contributed by atoms with Crippen molar-refractivity contribution in [1.82, 2.24) is 4.57 Å². The second kappa shape index (κ2) is 4.14. The van der Waals surface area contributed by atoms with Crippen LogP contribution in [-0.2, 0) is 14.1 Å². The summed E-state index contributed by atoms with van der Waals surface area (Å²) in [4.78, 5) is 0. The quantitative estimate of drug-likeness (QED) is 0.592. The maximum Gasteiger partial charge on any atom is 0.289 e. The first kappa shape index (κ1) is 11.3. The van der Waals surface area contributed by atoms with Gasteiger partial charge in [-0.15, -0.1) is 0 Å². The Kier molecular flexibility index (Phi) is 2.60. The van der Waals surface area contributed by atoms with Crippen molar-refractivity contribution in [3.63, 3.8) is 0 Å². The fraction of sp³-hybridized carbons (Fsp3) is 0.133. The Hall–Kier alpha value is -1.80. The highest BCUT2D eigenvalue weighted by molar-refractivity contribution is 6.30. The average Bonchev–Trinajstić information content (AvgIpc) is 2.64. The summed E-state index contributed by atoms with van der Waals surface area (Å²) in [7, 11) is 4.18. The Balaban J connectivity index is 2.32. The molecule has 2 nitrogen and oxygen atoms in total. The molecule has 0 spiro atoms.